The number of aromatic nitrogens is 1. The minimum atomic E-state index is -1.16. The first-order chi connectivity index (χ1) is 11.5. The minimum Gasteiger partial charge on any atom is -0.497 e. The summed E-state index contributed by atoms with van der Waals surface area (Å²) in [6, 6.07) is 10.7. The summed E-state index contributed by atoms with van der Waals surface area (Å²) in [5, 5.41) is 9.08. The molecule has 0 amide bonds. The van der Waals surface area contributed by atoms with Crippen molar-refractivity contribution in [2.45, 2.75) is 6.54 Å². The lowest BCUT2D eigenvalue weighted by Crippen LogP contribution is -2.33. The molecule has 0 unspecified atom stereocenters. The topological polar surface area (TPSA) is 98.7 Å². The van der Waals surface area contributed by atoms with Gasteiger partial charge in [-0.1, -0.05) is 12.1 Å². The van der Waals surface area contributed by atoms with E-state index in [0.29, 0.717) is 11.3 Å². The molecule has 0 radical (unpaired) electrons. The minimum absolute atomic E-state index is 0.0123. The number of hydrogen-bond acceptors (Lipinski definition) is 5. The number of benzene rings is 2. The van der Waals surface area contributed by atoms with Crippen LogP contribution in [0.2, 0.25) is 0 Å². The molecule has 1 N–H and O–H groups in total. The number of fused-ring (bicyclic) bond motifs is 1. The summed E-state index contributed by atoms with van der Waals surface area (Å²) < 4.78 is 11.1. The van der Waals surface area contributed by atoms with E-state index in [1.54, 1.807) is 24.3 Å². The first-order valence-electron chi connectivity index (χ1n) is 7.03. The van der Waals surface area contributed by atoms with Gasteiger partial charge in [0, 0.05) is 0 Å². The molecule has 0 aliphatic heterocycles. The molecule has 3 aromatic rings. The van der Waals surface area contributed by atoms with E-state index in [1.807, 2.05) is 0 Å². The molecule has 7 heteroatoms. The molecule has 0 atom stereocenters. The van der Waals surface area contributed by atoms with Crippen LogP contribution in [0.25, 0.3) is 11.0 Å². The number of methoxy groups -OCH3 is 1. The molecule has 0 aliphatic carbocycles. The Hall–Kier alpha value is -3.35. The fourth-order valence-corrected chi connectivity index (χ4v) is 2.35. The number of carboxylic acids is 1. The molecule has 3 rings (SSSR count). The maximum Gasteiger partial charge on any atom is 0.422 e. The van der Waals surface area contributed by atoms with Crippen LogP contribution in [-0.2, 0) is 6.54 Å². The first kappa shape index (κ1) is 15.5. The van der Waals surface area contributed by atoms with Gasteiger partial charge in [0.05, 0.1) is 24.6 Å². The highest BCUT2D eigenvalue weighted by atomic mass is 16.5. The Labute approximate surface area is 135 Å². The van der Waals surface area contributed by atoms with E-state index < -0.39 is 17.3 Å². The Morgan fingerprint density at radius 1 is 1.17 bits per heavy atom. The smallest absolute Gasteiger partial charge is 0.422 e. The number of hydrogen-bond donors (Lipinski definition) is 1. The van der Waals surface area contributed by atoms with Gasteiger partial charge in [0.25, 0.3) is 5.56 Å². The van der Waals surface area contributed by atoms with Crippen LogP contribution in [0.3, 0.4) is 0 Å². The summed E-state index contributed by atoms with van der Waals surface area (Å²) in [6.07, 6.45) is 0. The van der Waals surface area contributed by atoms with E-state index in [0.717, 1.165) is 4.57 Å². The van der Waals surface area contributed by atoms with Crippen LogP contribution in [-0.4, -0.2) is 22.8 Å². The van der Waals surface area contributed by atoms with Gasteiger partial charge in [0.2, 0.25) is 0 Å². The predicted molar refractivity (Wildman–Crippen MR) is 85.8 cm³/mol. The third-order valence-electron chi connectivity index (χ3n) is 3.62. The van der Waals surface area contributed by atoms with Crippen LogP contribution >= 0.6 is 0 Å². The lowest BCUT2D eigenvalue weighted by molar-refractivity contribution is 0.0697. The van der Waals surface area contributed by atoms with E-state index in [2.05, 4.69) is 0 Å². The van der Waals surface area contributed by atoms with Crippen LogP contribution in [0.5, 0.6) is 5.75 Å². The van der Waals surface area contributed by atoms with Gasteiger partial charge in [0.1, 0.15) is 11.3 Å². The molecule has 0 spiro atoms. The average molecular weight is 327 g/mol. The van der Waals surface area contributed by atoms with Gasteiger partial charge < -0.3 is 14.3 Å². The lowest BCUT2D eigenvalue weighted by Gasteiger charge is -2.07. The van der Waals surface area contributed by atoms with E-state index in [-0.39, 0.29) is 23.1 Å². The van der Waals surface area contributed by atoms with Gasteiger partial charge in [-0.3, -0.25) is 4.79 Å². The monoisotopic (exact) mass is 327 g/mol. The van der Waals surface area contributed by atoms with Gasteiger partial charge in [-0.15, -0.1) is 0 Å². The summed E-state index contributed by atoms with van der Waals surface area (Å²) >= 11 is 0. The molecule has 1 aromatic heterocycles. The van der Waals surface area contributed by atoms with Gasteiger partial charge in [-0.25, -0.2) is 14.2 Å². The van der Waals surface area contributed by atoms with Gasteiger partial charge in [-0.05, 0) is 35.9 Å². The van der Waals surface area contributed by atoms with Crippen LogP contribution in [0, 0.1) is 0 Å². The molecule has 2 aromatic carbocycles. The summed E-state index contributed by atoms with van der Waals surface area (Å²) in [7, 11) is 1.54. The molecule has 0 saturated heterocycles. The van der Waals surface area contributed by atoms with Crippen LogP contribution in [0.15, 0.2) is 56.5 Å². The van der Waals surface area contributed by atoms with Crippen molar-refractivity contribution < 1.29 is 19.1 Å². The number of carboxylic acid groups (broad SMARTS) is 1. The zero-order chi connectivity index (χ0) is 17.3. The Bertz CT molecular complexity index is 1030. The molecule has 1 heterocycles. The number of aromatic carboxylic acids is 1. The van der Waals surface area contributed by atoms with Crippen molar-refractivity contribution >= 4 is 16.9 Å². The first-order valence-corrected chi connectivity index (χ1v) is 7.03. The van der Waals surface area contributed by atoms with Crippen molar-refractivity contribution in [3.63, 3.8) is 0 Å². The van der Waals surface area contributed by atoms with Crippen LogP contribution in [0.1, 0.15) is 15.9 Å². The second-order valence-corrected chi connectivity index (χ2v) is 5.12. The Morgan fingerprint density at radius 3 is 2.50 bits per heavy atom. The van der Waals surface area contributed by atoms with Crippen LogP contribution in [0.4, 0.5) is 0 Å². The van der Waals surface area contributed by atoms with Gasteiger partial charge >= 0.3 is 11.7 Å². The molecule has 7 nitrogen and oxygen atoms in total. The van der Waals surface area contributed by atoms with Crippen molar-refractivity contribution in [2.24, 2.45) is 0 Å². The molecule has 122 valence electrons. The number of rotatable bonds is 4. The highest BCUT2D eigenvalue weighted by Gasteiger charge is 2.13. The zero-order valence-corrected chi connectivity index (χ0v) is 12.7. The Morgan fingerprint density at radius 2 is 1.88 bits per heavy atom. The summed E-state index contributed by atoms with van der Waals surface area (Å²) in [5.41, 5.74) is 0.115. The second-order valence-electron chi connectivity index (χ2n) is 5.12. The fraction of sp³-hybridized carbons (Fsp3) is 0.118. The van der Waals surface area contributed by atoms with E-state index in [4.69, 9.17) is 14.3 Å². The molecule has 0 bridgehead atoms. The standard InChI is InChI=1S/C17H13NO6/c1-23-12-5-2-10(3-6-12)9-18-15(19)13-8-11(16(20)21)4-7-14(13)24-17(18)22/h2-8H,9H2,1H3,(H,20,21). The predicted octanol–water partition coefficient (Wildman–Crippen LogP) is 1.71. The third kappa shape index (κ3) is 2.79. The normalized spacial score (nSPS) is 10.7. The number of nitrogens with zero attached hydrogens (tertiary/aromatic N) is 1. The summed E-state index contributed by atoms with van der Waals surface area (Å²) in [5.74, 6) is -1.31. The van der Waals surface area contributed by atoms with Crippen LogP contribution < -0.4 is 16.1 Å². The zero-order valence-electron chi connectivity index (χ0n) is 12.7. The van der Waals surface area contributed by atoms with Gasteiger partial charge in [-0.2, -0.15) is 0 Å². The van der Waals surface area contributed by atoms with Gasteiger partial charge in [0.15, 0.2) is 0 Å². The number of carbonyl (C=O) groups is 1. The quantitative estimate of drug-likeness (QED) is 0.783. The maximum absolute atomic E-state index is 12.5. The highest BCUT2D eigenvalue weighted by Crippen LogP contribution is 2.13. The lowest BCUT2D eigenvalue weighted by atomic mass is 10.1. The van der Waals surface area contributed by atoms with Crippen molar-refractivity contribution in [3.8, 4) is 5.75 Å². The van der Waals surface area contributed by atoms with E-state index >= 15 is 0 Å². The van der Waals surface area contributed by atoms with E-state index in [9.17, 15) is 14.4 Å². The largest absolute Gasteiger partial charge is 0.497 e. The molecular weight excluding hydrogens is 314 g/mol. The molecule has 0 fully saturated rings. The van der Waals surface area contributed by atoms with Crippen molar-refractivity contribution in [1.29, 1.82) is 0 Å². The Balaban J connectivity index is 2.11. The highest BCUT2D eigenvalue weighted by molar-refractivity contribution is 5.92. The van der Waals surface area contributed by atoms with E-state index in [1.165, 1.54) is 25.3 Å². The summed E-state index contributed by atoms with van der Waals surface area (Å²) in [4.78, 5) is 35.6. The molecule has 0 saturated carbocycles. The average Bonchev–Trinajstić information content (AvgIpc) is 2.58. The molecule has 0 aliphatic rings. The van der Waals surface area contributed by atoms with Crippen molar-refractivity contribution in [2.75, 3.05) is 7.11 Å². The second kappa shape index (κ2) is 6.04. The maximum atomic E-state index is 12.5. The summed E-state index contributed by atoms with van der Waals surface area (Å²) in [6.45, 7) is 0.0123. The Kier molecular flexibility index (Phi) is 3.91. The third-order valence-corrected chi connectivity index (χ3v) is 3.62. The number of ether oxygens (including phenoxy) is 1. The SMILES string of the molecule is COc1ccc(Cn2c(=O)oc3ccc(C(=O)O)cc3c2=O)cc1. The molecule has 24 heavy (non-hydrogen) atoms. The van der Waals surface area contributed by atoms with Crippen molar-refractivity contribution in [3.05, 3.63) is 74.5 Å². The fourth-order valence-electron chi connectivity index (χ4n) is 2.35. The molecular formula is C17H13NO6. The van der Waals surface area contributed by atoms with Crippen molar-refractivity contribution in [1.82, 2.24) is 4.57 Å².